The highest BCUT2D eigenvalue weighted by Crippen LogP contribution is 2.44. The number of rotatable bonds is 10. The summed E-state index contributed by atoms with van der Waals surface area (Å²) >= 11 is 0. The number of unbranched alkanes of at least 4 members (excludes halogenated alkanes) is 2. The van der Waals surface area contributed by atoms with Crippen LogP contribution in [0.25, 0.3) is 11.1 Å². The van der Waals surface area contributed by atoms with Gasteiger partial charge in [0.2, 0.25) is 0 Å². The second-order valence-electron chi connectivity index (χ2n) is 12.6. The van der Waals surface area contributed by atoms with E-state index in [1.165, 1.54) is 63.5 Å². The average molecular weight is 595 g/mol. The van der Waals surface area contributed by atoms with Crippen LogP contribution in [0.5, 0.6) is 5.75 Å². The Morgan fingerprint density at radius 2 is 1.36 bits per heavy atom. The van der Waals surface area contributed by atoms with Crippen molar-refractivity contribution in [1.82, 2.24) is 0 Å². The van der Waals surface area contributed by atoms with Gasteiger partial charge in [0.15, 0.2) is 6.29 Å². The zero-order valence-electron chi connectivity index (χ0n) is 24.4. The summed E-state index contributed by atoms with van der Waals surface area (Å²) in [4.78, 5) is 0. The van der Waals surface area contributed by atoms with Gasteiger partial charge >= 0.3 is 6.11 Å². The Kier molecular flexibility index (Phi) is 10.5. The fourth-order valence-electron chi connectivity index (χ4n) is 7.18. The van der Waals surface area contributed by atoms with Crippen molar-refractivity contribution in [2.45, 2.75) is 96.4 Å². The fourth-order valence-corrected chi connectivity index (χ4v) is 7.18. The van der Waals surface area contributed by atoms with Crippen molar-refractivity contribution in [3.63, 3.8) is 0 Å². The molecule has 2 saturated carbocycles. The van der Waals surface area contributed by atoms with Crippen LogP contribution < -0.4 is 4.74 Å². The molecule has 1 saturated heterocycles. The van der Waals surface area contributed by atoms with Gasteiger partial charge in [-0.15, -0.1) is 0 Å². The molecule has 0 radical (unpaired) electrons. The van der Waals surface area contributed by atoms with Crippen molar-refractivity contribution in [2.24, 2.45) is 29.6 Å². The van der Waals surface area contributed by atoms with Crippen molar-refractivity contribution in [1.29, 1.82) is 0 Å². The maximum Gasteiger partial charge on any atom is 0.400 e. The summed E-state index contributed by atoms with van der Waals surface area (Å²) in [5.74, 6) is -2.38. The van der Waals surface area contributed by atoms with E-state index in [9.17, 15) is 13.2 Å². The average Bonchev–Trinajstić information content (AvgIpc) is 2.98. The van der Waals surface area contributed by atoms with Crippen molar-refractivity contribution in [3.05, 3.63) is 53.8 Å². The van der Waals surface area contributed by atoms with Gasteiger partial charge in [-0.05, 0) is 68.1 Å². The summed E-state index contributed by atoms with van der Waals surface area (Å²) in [6.45, 7) is 3.58. The predicted octanol–water partition coefficient (Wildman–Crippen LogP) is 9.92. The number of benzene rings is 2. The number of hydrogen-bond donors (Lipinski definition) is 0. The van der Waals surface area contributed by atoms with Crippen molar-refractivity contribution in [2.75, 3.05) is 13.2 Å². The number of hydrogen-bond acceptors (Lipinski definition) is 3. The second-order valence-corrected chi connectivity index (χ2v) is 12.6. The van der Waals surface area contributed by atoms with E-state index in [1.807, 2.05) is 0 Å². The lowest BCUT2D eigenvalue weighted by Crippen LogP contribution is -2.43. The number of halogens is 5. The molecule has 42 heavy (non-hydrogen) atoms. The maximum atomic E-state index is 15.1. The van der Waals surface area contributed by atoms with Gasteiger partial charge in [-0.3, -0.25) is 0 Å². The Balaban J connectivity index is 1.07. The highest BCUT2D eigenvalue weighted by atomic mass is 19.3. The number of alkyl halides is 2. The molecule has 3 aliphatic rings. The van der Waals surface area contributed by atoms with Crippen LogP contribution in [0.15, 0.2) is 36.4 Å². The van der Waals surface area contributed by atoms with Crippen LogP contribution in [0, 0.1) is 47.0 Å². The molecule has 8 heteroatoms. The molecule has 0 aromatic heterocycles. The third kappa shape index (κ3) is 7.65. The molecule has 2 aromatic rings. The Bertz CT molecular complexity index is 1110. The first kappa shape index (κ1) is 31.2. The molecule has 0 bridgehead atoms. The van der Waals surface area contributed by atoms with E-state index in [1.54, 1.807) is 0 Å². The molecule has 2 aliphatic carbocycles. The smallest absolute Gasteiger partial charge is 0.400 e. The minimum Gasteiger partial charge on any atom is -0.432 e. The van der Waals surface area contributed by atoms with Crippen molar-refractivity contribution in [3.8, 4) is 16.9 Å². The molecule has 0 atom stereocenters. The van der Waals surface area contributed by atoms with E-state index in [-0.39, 0.29) is 30.6 Å². The van der Waals surface area contributed by atoms with Gasteiger partial charge in [0.25, 0.3) is 0 Å². The second kappa shape index (κ2) is 14.1. The first-order chi connectivity index (χ1) is 20.2. The summed E-state index contributed by atoms with van der Waals surface area (Å²) < 4.78 is 89.9. The molecule has 0 spiro atoms. The number of ether oxygens (including phenoxy) is 3. The van der Waals surface area contributed by atoms with E-state index >= 15 is 8.78 Å². The van der Waals surface area contributed by atoms with E-state index in [2.05, 4.69) is 6.92 Å². The van der Waals surface area contributed by atoms with Crippen LogP contribution >= 0.6 is 0 Å². The van der Waals surface area contributed by atoms with Crippen LogP contribution in [-0.4, -0.2) is 25.6 Å². The zero-order chi connectivity index (χ0) is 29.7. The highest BCUT2D eigenvalue weighted by molar-refractivity contribution is 5.65. The molecule has 3 fully saturated rings. The third-order valence-corrected chi connectivity index (χ3v) is 9.76. The SMILES string of the molecule is CCCCCC1CCC(C2COC(C3CCC(C(F)(F)Oc4cc(F)c(-c5ccc(F)cc5)c(F)c4)CC3)OC2)CC1. The molecule has 3 nitrogen and oxygen atoms in total. The van der Waals surface area contributed by atoms with E-state index in [0.29, 0.717) is 37.9 Å². The molecule has 1 aliphatic heterocycles. The van der Waals surface area contributed by atoms with Gasteiger partial charge < -0.3 is 14.2 Å². The predicted molar refractivity (Wildman–Crippen MR) is 152 cm³/mol. The lowest BCUT2D eigenvalue weighted by Gasteiger charge is -2.41. The van der Waals surface area contributed by atoms with Crippen LogP contribution in [0.2, 0.25) is 0 Å². The maximum absolute atomic E-state index is 15.1. The van der Waals surface area contributed by atoms with Gasteiger partial charge in [0.1, 0.15) is 23.2 Å². The van der Waals surface area contributed by atoms with E-state index < -0.39 is 40.8 Å². The quantitative estimate of drug-likeness (QED) is 0.202. The van der Waals surface area contributed by atoms with Gasteiger partial charge in [0, 0.05) is 24.0 Å². The topological polar surface area (TPSA) is 27.7 Å². The highest BCUT2D eigenvalue weighted by Gasteiger charge is 2.46. The Hall–Kier alpha value is -2.19. The molecular weight excluding hydrogens is 551 g/mol. The summed E-state index contributed by atoms with van der Waals surface area (Å²) in [6, 6.07) is 6.10. The van der Waals surface area contributed by atoms with Gasteiger partial charge in [-0.25, -0.2) is 13.2 Å². The first-order valence-corrected chi connectivity index (χ1v) is 15.8. The Morgan fingerprint density at radius 3 is 1.95 bits per heavy atom. The van der Waals surface area contributed by atoms with Crippen LogP contribution in [-0.2, 0) is 9.47 Å². The summed E-state index contributed by atoms with van der Waals surface area (Å²) in [5, 5.41) is 0. The van der Waals surface area contributed by atoms with Crippen LogP contribution in [0.1, 0.15) is 84.0 Å². The first-order valence-electron chi connectivity index (χ1n) is 15.8. The lowest BCUT2D eigenvalue weighted by molar-refractivity contribution is -0.251. The Morgan fingerprint density at radius 1 is 0.762 bits per heavy atom. The molecule has 0 amide bonds. The van der Waals surface area contributed by atoms with Crippen LogP contribution in [0.4, 0.5) is 22.0 Å². The van der Waals surface area contributed by atoms with Crippen molar-refractivity contribution < 1.29 is 36.2 Å². The molecule has 2 aromatic carbocycles. The molecule has 1 heterocycles. The lowest BCUT2D eigenvalue weighted by atomic mass is 9.74. The third-order valence-electron chi connectivity index (χ3n) is 9.76. The minimum atomic E-state index is -3.59. The Labute approximate surface area is 246 Å². The monoisotopic (exact) mass is 594 g/mol. The van der Waals surface area contributed by atoms with Crippen molar-refractivity contribution >= 4 is 0 Å². The minimum absolute atomic E-state index is 0.0391. The molecule has 0 N–H and O–H groups in total. The fraction of sp³-hybridized carbons (Fsp3) is 0.647. The summed E-state index contributed by atoms with van der Waals surface area (Å²) in [7, 11) is 0. The van der Waals surface area contributed by atoms with Gasteiger partial charge in [-0.2, -0.15) is 8.78 Å². The molecule has 232 valence electrons. The van der Waals surface area contributed by atoms with E-state index in [4.69, 9.17) is 14.2 Å². The molecule has 5 rings (SSSR count). The zero-order valence-corrected chi connectivity index (χ0v) is 24.4. The summed E-state index contributed by atoms with van der Waals surface area (Å²) in [5.41, 5.74) is -0.317. The molecule has 0 unspecified atom stereocenters. The normalized spacial score (nSPS) is 28.9. The molecular formula is C34H43F5O3. The van der Waals surface area contributed by atoms with Gasteiger partial charge in [-0.1, -0.05) is 57.6 Å². The van der Waals surface area contributed by atoms with E-state index in [0.717, 1.165) is 30.2 Å². The summed E-state index contributed by atoms with van der Waals surface area (Å²) in [6.07, 6.45) is 7.81. The standard InChI is InChI=1S/C34H43F5O3/c1-2-3-4-5-22-6-8-23(9-7-22)26-20-40-33(41-21-26)25-10-14-27(15-11-25)34(38,39)42-29-18-30(36)32(31(37)19-29)24-12-16-28(35)17-13-24/h12-13,16-19,22-23,25-27,33H,2-11,14-15,20-21H2,1H3. The van der Waals surface area contributed by atoms with Crippen LogP contribution in [0.3, 0.4) is 0 Å². The largest absolute Gasteiger partial charge is 0.432 e. The van der Waals surface area contributed by atoms with Gasteiger partial charge in [0.05, 0.1) is 24.7 Å².